The van der Waals surface area contributed by atoms with E-state index in [4.69, 9.17) is 16.3 Å². The smallest absolute Gasteiger partial charge is 0.225 e. The SMILES string of the molecule is COc1ccccc1C(C)N(C)C(=O)CC(NC(C)=O)c1ccc(Cl)cc1. The molecule has 2 unspecified atom stereocenters. The molecule has 2 rings (SSSR count). The summed E-state index contributed by atoms with van der Waals surface area (Å²) in [7, 11) is 3.37. The Morgan fingerprint density at radius 3 is 2.37 bits per heavy atom. The Balaban J connectivity index is 2.18. The molecule has 0 aromatic heterocycles. The van der Waals surface area contributed by atoms with Crippen molar-refractivity contribution >= 4 is 23.4 Å². The largest absolute Gasteiger partial charge is 0.496 e. The topological polar surface area (TPSA) is 58.6 Å². The molecule has 0 saturated carbocycles. The van der Waals surface area contributed by atoms with Gasteiger partial charge >= 0.3 is 0 Å². The molecule has 0 aliphatic carbocycles. The van der Waals surface area contributed by atoms with Crippen LogP contribution in [-0.4, -0.2) is 30.9 Å². The van der Waals surface area contributed by atoms with E-state index in [1.807, 2.05) is 43.3 Å². The number of nitrogens with one attached hydrogen (secondary N) is 1. The van der Waals surface area contributed by atoms with Crippen molar-refractivity contribution in [2.75, 3.05) is 14.2 Å². The maximum absolute atomic E-state index is 12.9. The van der Waals surface area contributed by atoms with Gasteiger partial charge < -0.3 is 15.0 Å². The summed E-state index contributed by atoms with van der Waals surface area (Å²) in [5.74, 6) is 0.464. The van der Waals surface area contributed by atoms with Gasteiger partial charge in [0, 0.05) is 24.6 Å². The van der Waals surface area contributed by atoms with E-state index in [1.165, 1.54) is 6.92 Å². The number of carbonyl (C=O) groups excluding carboxylic acids is 2. The van der Waals surface area contributed by atoms with Gasteiger partial charge in [-0.2, -0.15) is 0 Å². The molecular formula is C21H25ClN2O3. The van der Waals surface area contributed by atoms with E-state index < -0.39 is 6.04 Å². The van der Waals surface area contributed by atoms with Crippen molar-refractivity contribution in [3.05, 3.63) is 64.7 Å². The molecule has 0 fully saturated rings. The summed E-state index contributed by atoms with van der Waals surface area (Å²) in [6.45, 7) is 3.39. The Morgan fingerprint density at radius 2 is 1.78 bits per heavy atom. The lowest BCUT2D eigenvalue weighted by Crippen LogP contribution is -2.35. The van der Waals surface area contributed by atoms with Crippen LogP contribution in [0.2, 0.25) is 5.02 Å². The van der Waals surface area contributed by atoms with Gasteiger partial charge in [0.2, 0.25) is 11.8 Å². The molecule has 2 aromatic carbocycles. The number of methoxy groups -OCH3 is 1. The number of para-hydroxylation sites is 1. The van der Waals surface area contributed by atoms with Gasteiger partial charge in [-0.1, -0.05) is 41.9 Å². The van der Waals surface area contributed by atoms with E-state index in [-0.39, 0.29) is 24.3 Å². The molecular weight excluding hydrogens is 364 g/mol. The number of amides is 2. The second-order valence-corrected chi connectivity index (χ2v) is 6.87. The quantitative estimate of drug-likeness (QED) is 0.775. The Hall–Kier alpha value is -2.53. The first-order valence-corrected chi connectivity index (χ1v) is 9.12. The molecule has 0 saturated heterocycles. The van der Waals surface area contributed by atoms with Gasteiger partial charge in [0.25, 0.3) is 0 Å². The number of benzene rings is 2. The second kappa shape index (κ2) is 9.42. The highest BCUT2D eigenvalue weighted by Gasteiger charge is 2.24. The molecule has 0 spiro atoms. The first-order chi connectivity index (χ1) is 12.8. The minimum atomic E-state index is -0.417. The lowest BCUT2D eigenvalue weighted by atomic mass is 10.0. The molecule has 0 aliphatic heterocycles. The summed E-state index contributed by atoms with van der Waals surface area (Å²) in [6, 6.07) is 14.2. The summed E-state index contributed by atoms with van der Waals surface area (Å²) >= 11 is 5.94. The van der Waals surface area contributed by atoms with Crippen LogP contribution >= 0.6 is 11.6 Å². The van der Waals surface area contributed by atoms with Gasteiger partial charge in [-0.25, -0.2) is 0 Å². The highest BCUT2D eigenvalue weighted by Crippen LogP contribution is 2.29. The van der Waals surface area contributed by atoms with Crippen LogP contribution in [-0.2, 0) is 9.59 Å². The van der Waals surface area contributed by atoms with Crippen LogP contribution in [0.15, 0.2) is 48.5 Å². The van der Waals surface area contributed by atoms with Crippen molar-refractivity contribution in [2.45, 2.75) is 32.4 Å². The van der Waals surface area contributed by atoms with Crippen LogP contribution < -0.4 is 10.1 Å². The molecule has 0 aliphatic rings. The monoisotopic (exact) mass is 388 g/mol. The zero-order valence-electron chi connectivity index (χ0n) is 16.0. The highest BCUT2D eigenvalue weighted by molar-refractivity contribution is 6.30. The van der Waals surface area contributed by atoms with Crippen molar-refractivity contribution in [1.29, 1.82) is 0 Å². The standard InChI is InChI=1S/C21H25ClN2O3/c1-14(18-7-5-6-8-20(18)27-4)24(3)21(26)13-19(23-15(2)25)16-9-11-17(22)12-10-16/h5-12,14,19H,13H2,1-4H3,(H,23,25). The van der Waals surface area contributed by atoms with Crippen molar-refractivity contribution in [3.63, 3.8) is 0 Å². The Morgan fingerprint density at radius 1 is 1.15 bits per heavy atom. The maximum Gasteiger partial charge on any atom is 0.225 e. The average molecular weight is 389 g/mol. The molecule has 144 valence electrons. The van der Waals surface area contributed by atoms with Crippen LogP contribution in [0.3, 0.4) is 0 Å². The molecule has 0 heterocycles. The molecule has 2 aromatic rings. The van der Waals surface area contributed by atoms with Gasteiger partial charge in [-0.15, -0.1) is 0 Å². The summed E-state index contributed by atoms with van der Waals surface area (Å²) in [5.41, 5.74) is 1.76. The van der Waals surface area contributed by atoms with E-state index in [0.717, 1.165) is 16.9 Å². The molecule has 2 atom stereocenters. The van der Waals surface area contributed by atoms with Crippen molar-refractivity contribution in [3.8, 4) is 5.75 Å². The highest BCUT2D eigenvalue weighted by atomic mass is 35.5. The number of carbonyl (C=O) groups is 2. The van der Waals surface area contributed by atoms with Crippen LogP contribution in [0.1, 0.15) is 43.5 Å². The van der Waals surface area contributed by atoms with E-state index in [0.29, 0.717) is 5.02 Å². The maximum atomic E-state index is 12.9. The van der Waals surface area contributed by atoms with E-state index >= 15 is 0 Å². The van der Waals surface area contributed by atoms with Crippen LogP contribution in [0.4, 0.5) is 0 Å². The van der Waals surface area contributed by atoms with Crippen LogP contribution in [0.5, 0.6) is 5.75 Å². The Labute approximate surface area is 165 Å². The van der Waals surface area contributed by atoms with Gasteiger partial charge in [0.1, 0.15) is 5.75 Å². The van der Waals surface area contributed by atoms with Crippen molar-refractivity contribution in [1.82, 2.24) is 10.2 Å². The predicted molar refractivity (Wildman–Crippen MR) is 107 cm³/mol. The van der Waals surface area contributed by atoms with Crippen molar-refractivity contribution < 1.29 is 14.3 Å². The van der Waals surface area contributed by atoms with Gasteiger partial charge in [0.05, 0.1) is 25.6 Å². The molecule has 5 nitrogen and oxygen atoms in total. The zero-order valence-corrected chi connectivity index (χ0v) is 16.8. The van der Waals surface area contributed by atoms with Gasteiger partial charge in [0.15, 0.2) is 0 Å². The summed E-state index contributed by atoms with van der Waals surface area (Å²) < 4.78 is 5.40. The summed E-state index contributed by atoms with van der Waals surface area (Å²) in [4.78, 5) is 26.2. The van der Waals surface area contributed by atoms with Crippen LogP contribution in [0.25, 0.3) is 0 Å². The third-order valence-corrected chi connectivity index (χ3v) is 4.84. The summed E-state index contributed by atoms with van der Waals surface area (Å²) in [5, 5.41) is 3.45. The molecule has 0 radical (unpaired) electrons. The van der Waals surface area contributed by atoms with E-state index in [1.54, 1.807) is 31.2 Å². The lowest BCUT2D eigenvalue weighted by molar-refractivity contribution is -0.132. The first kappa shape index (κ1) is 20.8. The van der Waals surface area contributed by atoms with Gasteiger partial charge in [-0.3, -0.25) is 9.59 Å². The predicted octanol–water partition coefficient (Wildman–Crippen LogP) is 4.14. The molecule has 0 bridgehead atoms. The van der Waals surface area contributed by atoms with E-state index in [2.05, 4.69) is 5.32 Å². The third kappa shape index (κ3) is 5.47. The van der Waals surface area contributed by atoms with Crippen molar-refractivity contribution in [2.24, 2.45) is 0 Å². The number of hydrogen-bond donors (Lipinski definition) is 1. The van der Waals surface area contributed by atoms with Gasteiger partial charge in [-0.05, 0) is 30.7 Å². The molecule has 1 N–H and O–H groups in total. The first-order valence-electron chi connectivity index (χ1n) is 8.74. The fourth-order valence-electron chi connectivity index (χ4n) is 2.95. The molecule has 27 heavy (non-hydrogen) atoms. The lowest BCUT2D eigenvalue weighted by Gasteiger charge is -2.28. The number of halogens is 1. The number of nitrogens with zero attached hydrogens (tertiary/aromatic N) is 1. The fraction of sp³-hybridized carbons (Fsp3) is 0.333. The number of ether oxygens (including phenoxy) is 1. The fourth-order valence-corrected chi connectivity index (χ4v) is 3.07. The van der Waals surface area contributed by atoms with E-state index in [9.17, 15) is 9.59 Å². The summed E-state index contributed by atoms with van der Waals surface area (Å²) in [6.07, 6.45) is 0.150. The van der Waals surface area contributed by atoms with Crippen LogP contribution in [0, 0.1) is 0 Å². The minimum absolute atomic E-state index is 0.0814. The minimum Gasteiger partial charge on any atom is -0.496 e. The number of rotatable bonds is 7. The third-order valence-electron chi connectivity index (χ3n) is 4.59. The normalized spacial score (nSPS) is 12.8. The molecule has 6 heteroatoms. The Kier molecular flexibility index (Phi) is 7.25. The number of hydrogen-bond acceptors (Lipinski definition) is 3. The average Bonchev–Trinajstić information content (AvgIpc) is 2.66. The molecule has 2 amide bonds. The Bertz CT molecular complexity index is 792. The zero-order chi connectivity index (χ0) is 20.0. The second-order valence-electron chi connectivity index (χ2n) is 6.43.